The summed E-state index contributed by atoms with van der Waals surface area (Å²) < 4.78 is 0. The third kappa shape index (κ3) is 3.08. The first kappa shape index (κ1) is 16.7. The zero-order chi connectivity index (χ0) is 17.3. The molecule has 1 aromatic carbocycles. The minimum Gasteiger partial charge on any atom is -0.355 e. The summed E-state index contributed by atoms with van der Waals surface area (Å²) in [5.41, 5.74) is 4.48. The van der Waals surface area contributed by atoms with E-state index < -0.39 is 0 Å². The van der Waals surface area contributed by atoms with E-state index in [4.69, 9.17) is 0 Å². The second-order valence-electron chi connectivity index (χ2n) is 6.27. The molecule has 4 nitrogen and oxygen atoms in total. The highest BCUT2D eigenvalue weighted by Gasteiger charge is 2.26. The number of thiophene rings is 1. The van der Waals surface area contributed by atoms with E-state index in [9.17, 15) is 9.59 Å². The topological polar surface area (TPSA) is 58.2 Å². The average Bonchev–Trinajstić information content (AvgIpc) is 2.91. The predicted octanol–water partition coefficient (Wildman–Crippen LogP) is 3.86. The molecule has 0 atom stereocenters. The van der Waals surface area contributed by atoms with Crippen LogP contribution in [-0.4, -0.2) is 18.9 Å². The maximum atomic E-state index is 12.7. The largest absolute Gasteiger partial charge is 0.355 e. The minimum absolute atomic E-state index is 0.120. The third-order valence-corrected chi connectivity index (χ3v) is 5.69. The van der Waals surface area contributed by atoms with Gasteiger partial charge in [0.25, 0.3) is 11.8 Å². The molecule has 1 aliphatic carbocycles. The maximum absolute atomic E-state index is 12.7. The molecule has 0 spiro atoms. The van der Waals surface area contributed by atoms with Gasteiger partial charge in [-0.15, -0.1) is 11.3 Å². The molecule has 1 aromatic heterocycles. The number of fused-ring (bicyclic) bond motifs is 1. The number of nitrogens with one attached hydrogen (secondary N) is 2. The Bertz CT molecular complexity index is 808. The lowest BCUT2D eigenvalue weighted by Gasteiger charge is -2.12. The smallest absolute Gasteiger partial charge is 0.256 e. The molecule has 126 valence electrons. The van der Waals surface area contributed by atoms with Crippen LogP contribution in [0.15, 0.2) is 18.2 Å². The van der Waals surface area contributed by atoms with E-state index in [-0.39, 0.29) is 11.8 Å². The van der Waals surface area contributed by atoms with Crippen molar-refractivity contribution in [2.45, 2.75) is 39.5 Å². The molecule has 0 radical (unpaired) electrons. The maximum Gasteiger partial charge on any atom is 0.256 e. The Morgan fingerprint density at radius 2 is 1.83 bits per heavy atom. The average molecular weight is 342 g/mol. The summed E-state index contributed by atoms with van der Waals surface area (Å²) in [6.45, 7) is 3.94. The SMILES string of the molecule is CNC(=O)c1c(NC(=O)c2ccc(C)cc2C)sc2c1CCCC2. The van der Waals surface area contributed by atoms with E-state index in [0.29, 0.717) is 16.1 Å². The van der Waals surface area contributed by atoms with Crippen LogP contribution in [0.4, 0.5) is 5.00 Å². The molecule has 2 aromatic rings. The molecule has 1 aliphatic rings. The minimum atomic E-state index is -0.156. The van der Waals surface area contributed by atoms with Gasteiger partial charge < -0.3 is 10.6 Å². The Morgan fingerprint density at radius 3 is 2.54 bits per heavy atom. The summed E-state index contributed by atoms with van der Waals surface area (Å²) in [5, 5.41) is 6.36. The highest BCUT2D eigenvalue weighted by molar-refractivity contribution is 7.17. The lowest BCUT2D eigenvalue weighted by Crippen LogP contribution is -2.22. The molecule has 0 fully saturated rings. The second kappa shape index (κ2) is 6.77. The van der Waals surface area contributed by atoms with Crippen molar-refractivity contribution in [3.63, 3.8) is 0 Å². The van der Waals surface area contributed by atoms with Crippen LogP contribution in [0.5, 0.6) is 0 Å². The molecule has 0 saturated carbocycles. The Kier molecular flexibility index (Phi) is 4.71. The van der Waals surface area contributed by atoms with E-state index in [1.54, 1.807) is 18.4 Å². The quantitative estimate of drug-likeness (QED) is 0.890. The number of benzene rings is 1. The summed E-state index contributed by atoms with van der Waals surface area (Å²) in [7, 11) is 1.63. The number of amides is 2. The summed E-state index contributed by atoms with van der Waals surface area (Å²) >= 11 is 1.54. The predicted molar refractivity (Wildman–Crippen MR) is 98.2 cm³/mol. The van der Waals surface area contributed by atoms with Crippen LogP contribution < -0.4 is 10.6 Å². The van der Waals surface area contributed by atoms with E-state index in [1.807, 2.05) is 32.0 Å². The van der Waals surface area contributed by atoms with Crippen LogP contribution in [0.25, 0.3) is 0 Å². The van der Waals surface area contributed by atoms with Gasteiger partial charge >= 0.3 is 0 Å². The van der Waals surface area contributed by atoms with E-state index in [1.165, 1.54) is 4.88 Å². The first-order chi connectivity index (χ1) is 11.5. The molecule has 5 heteroatoms. The van der Waals surface area contributed by atoms with Crippen LogP contribution in [-0.2, 0) is 12.8 Å². The normalized spacial score (nSPS) is 13.3. The molecule has 3 rings (SSSR count). The fraction of sp³-hybridized carbons (Fsp3) is 0.368. The molecule has 2 amide bonds. The fourth-order valence-electron chi connectivity index (χ4n) is 3.26. The van der Waals surface area contributed by atoms with Gasteiger partial charge in [-0.1, -0.05) is 17.7 Å². The molecular weight excluding hydrogens is 320 g/mol. The number of anilines is 1. The van der Waals surface area contributed by atoms with Crippen molar-refractivity contribution >= 4 is 28.2 Å². The van der Waals surface area contributed by atoms with Crippen molar-refractivity contribution in [3.8, 4) is 0 Å². The van der Waals surface area contributed by atoms with Crippen molar-refractivity contribution in [2.75, 3.05) is 12.4 Å². The highest BCUT2D eigenvalue weighted by atomic mass is 32.1. The number of carbonyl (C=O) groups excluding carboxylic acids is 2. The summed E-state index contributed by atoms with van der Waals surface area (Å²) in [6.07, 6.45) is 4.14. The third-order valence-electron chi connectivity index (χ3n) is 4.48. The molecule has 0 saturated heterocycles. The van der Waals surface area contributed by atoms with Gasteiger partial charge in [-0.25, -0.2) is 0 Å². The Labute approximate surface area is 146 Å². The van der Waals surface area contributed by atoms with Crippen molar-refractivity contribution in [1.29, 1.82) is 0 Å². The van der Waals surface area contributed by atoms with E-state index in [0.717, 1.165) is 42.4 Å². The number of rotatable bonds is 3. The van der Waals surface area contributed by atoms with Crippen molar-refractivity contribution < 1.29 is 9.59 Å². The molecule has 0 bridgehead atoms. The van der Waals surface area contributed by atoms with Crippen LogP contribution in [0.1, 0.15) is 55.1 Å². The molecule has 2 N–H and O–H groups in total. The van der Waals surface area contributed by atoms with Gasteiger partial charge in [-0.3, -0.25) is 9.59 Å². The van der Waals surface area contributed by atoms with Gasteiger partial charge in [0, 0.05) is 17.5 Å². The zero-order valence-electron chi connectivity index (χ0n) is 14.3. The number of carbonyl (C=O) groups is 2. The zero-order valence-corrected chi connectivity index (χ0v) is 15.1. The summed E-state index contributed by atoms with van der Waals surface area (Å²) in [4.78, 5) is 26.3. The Morgan fingerprint density at radius 1 is 1.08 bits per heavy atom. The first-order valence-electron chi connectivity index (χ1n) is 8.26. The Hall–Kier alpha value is -2.14. The van der Waals surface area contributed by atoms with Gasteiger partial charge in [0.1, 0.15) is 5.00 Å². The van der Waals surface area contributed by atoms with Crippen LogP contribution >= 0.6 is 11.3 Å². The van der Waals surface area contributed by atoms with Crippen LogP contribution in [0.2, 0.25) is 0 Å². The van der Waals surface area contributed by atoms with Gasteiger partial charge in [0.2, 0.25) is 0 Å². The fourth-order valence-corrected chi connectivity index (χ4v) is 4.54. The lowest BCUT2D eigenvalue weighted by atomic mass is 9.95. The summed E-state index contributed by atoms with van der Waals surface area (Å²) in [6, 6.07) is 5.77. The second-order valence-corrected chi connectivity index (χ2v) is 7.37. The van der Waals surface area contributed by atoms with Crippen molar-refractivity contribution in [1.82, 2.24) is 5.32 Å². The van der Waals surface area contributed by atoms with Gasteiger partial charge in [-0.2, -0.15) is 0 Å². The first-order valence-corrected chi connectivity index (χ1v) is 9.08. The summed E-state index contributed by atoms with van der Waals surface area (Å²) in [5.74, 6) is -0.276. The van der Waals surface area contributed by atoms with Crippen LogP contribution in [0.3, 0.4) is 0 Å². The molecule has 24 heavy (non-hydrogen) atoms. The molecule has 0 unspecified atom stereocenters. The standard InChI is InChI=1S/C19H22N2O2S/c1-11-8-9-13(12(2)10-11)17(22)21-19-16(18(23)20-3)14-6-4-5-7-15(14)24-19/h8-10H,4-7H2,1-3H3,(H,20,23)(H,21,22). The molecule has 0 aliphatic heterocycles. The van der Waals surface area contributed by atoms with E-state index >= 15 is 0 Å². The number of hydrogen-bond acceptors (Lipinski definition) is 3. The monoisotopic (exact) mass is 342 g/mol. The lowest BCUT2D eigenvalue weighted by molar-refractivity contribution is 0.0963. The van der Waals surface area contributed by atoms with Crippen molar-refractivity contribution in [2.24, 2.45) is 0 Å². The van der Waals surface area contributed by atoms with Crippen LogP contribution in [0, 0.1) is 13.8 Å². The number of aryl methyl sites for hydroxylation is 3. The Balaban J connectivity index is 1.96. The van der Waals surface area contributed by atoms with Crippen molar-refractivity contribution in [3.05, 3.63) is 50.9 Å². The van der Waals surface area contributed by atoms with Gasteiger partial charge in [-0.05, 0) is 56.7 Å². The van der Waals surface area contributed by atoms with Gasteiger partial charge in [0.05, 0.1) is 5.56 Å². The van der Waals surface area contributed by atoms with Gasteiger partial charge in [0.15, 0.2) is 0 Å². The molecular formula is C19H22N2O2S. The molecule has 1 heterocycles. The van der Waals surface area contributed by atoms with E-state index in [2.05, 4.69) is 10.6 Å². The number of hydrogen-bond donors (Lipinski definition) is 2. The highest BCUT2D eigenvalue weighted by Crippen LogP contribution is 2.38.